The molecule has 0 spiro atoms. The first-order valence-electron chi connectivity index (χ1n) is 9.94. The van der Waals surface area contributed by atoms with Gasteiger partial charge in [-0.3, -0.25) is 0 Å². The zero-order valence-corrected chi connectivity index (χ0v) is 19.0. The number of nitrogens with zero attached hydrogens (tertiary/aromatic N) is 3. The standard InChI is InChI=1S/C25H21N3O3S/c1-27(2)16-6-9-19-22(12-16)31-23-13-17(28(3)4)7-10-20(23)24(19)21-11-15(26-14-32)5-8-18(21)25(29)30/h5-13H,1-4H3/p+1. The van der Waals surface area contributed by atoms with Crippen molar-refractivity contribution in [1.29, 1.82) is 0 Å². The van der Waals surface area contributed by atoms with Gasteiger partial charge in [-0.15, -0.1) is 0 Å². The van der Waals surface area contributed by atoms with E-state index in [0.29, 0.717) is 22.6 Å². The van der Waals surface area contributed by atoms with Crippen molar-refractivity contribution in [1.82, 2.24) is 4.58 Å². The van der Waals surface area contributed by atoms with Crippen LogP contribution in [0.3, 0.4) is 0 Å². The van der Waals surface area contributed by atoms with Crippen LogP contribution in [0.2, 0.25) is 0 Å². The molecule has 2 aromatic rings. The highest BCUT2D eigenvalue weighted by molar-refractivity contribution is 7.78. The molecule has 7 heteroatoms. The molecule has 0 saturated carbocycles. The predicted octanol–water partition coefficient (Wildman–Crippen LogP) is 4.73. The summed E-state index contributed by atoms with van der Waals surface area (Å²) in [6.45, 7) is 0. The number of rotatable bonds is 4. The summed E-state index contributed by atoms with van der Waals surface area (Å²) in [5.74, 6) is -0.357. The topological polar surface area (TPSA) is 69.1 Å². The van der Waals surface area contributed by atoms with Crippen molar-refractivity contribution in [2.24, 2.45) is 4.99 Å². The molecule has 0 unspecified atom stereocenters. The SMILES string of the molecule is CN(C)c1ccc2c(-c3cc(N=C=S)ccc3C(=O)O)c3ccc(=[N+](C)C)cc-3oc2c1. The van der Waals surface area contributed by atoms with Crippen LogP contribution in [0.4, 0.5) is 11.4 Å². The molecule has 2 aliphatic rings. The first-order chi connectivity index (χ1) is 15.3. The van der Waals surface area contributed by atoms with Gasteiger partial charge in [-0.05, 0) is 54.2 Å². The van der Waals surface area contributed by atoms with Crippen LogP contribution in [0.15, 0.2) is 64.0 Å². The summed E-state index contributed by atoms with van der Waals surface area (Å²) in [4.78, 5) is 18.2. The maximum Gasteiger partial charge on any atom is 0.336 e. The quantitative estimate of drug-likeness (QED) is 0.213. The highest BCUT2D eigenvalue weighted by atomic mass is 32.1. The summed E-state index contributed by atoms with van der Waals surface area (Å²) < 4.78 is 8.31. The van der Waals surface area contributed by atoms with Crippen molar-refractivity contribution in [2.75, 3.05) is 33.1 Å². The molecule has 32 heavy (non-hydrogen) atoms. The van der Waals surface area contributed by atoms with Gasteiger partial charge in [-0.2, -0.15) is 4.99 Å². The van der Waals surface area contributed by atoms with E-state index in [-0.39, 0.29) is 5.56 Å². The number of thiocarbonyl (C=S) groups is 1. The molecule has 1 aliphatic heterocycles. The minimum Gasteiger partial charge on any atom is -0.478 e. The summed E-state index contributed by atoms with van der Waals surface area (Å²) in [5, 5.41) is 14.1. The van der Waals surface area contributed by atoms with Gasteiger partial charge in [0, 0.05) is 48.4 Å². The van der Waals surface area contributed by atoms with E-state index >= 15 is 0 Å². The van der Waals surface area contributed by atoms with Gasteiger partial charge in [-0.25, -0.2) is 9.37 Å². The predicted molar refractivity (Wildman–Crippen MR) is 131 cm³/mol. The van der Waals surface area contributed by atoms with E-state index in [9.17, 15) is 9.90 Å². The van der Waals surface area contributed by atoms with Crippen LogP contribution in [-0.4, -0.2) is 44.4 Å². The summed E-state index contributed by atoms with van der Waals surface area (Å²) in [6.07, 6.45) is 0. The van der Waals surface area contributed by atoms with Crippen LogP contribution in [0.5, 0.6) is 0 Å². The number of carboxylic acid groups (broad SMARTS) is 1. The fourth-order valence-electron chi connectivity index (χ4n) is 3.76. The Kier molecular flexibility index (Phi) is 5.61. The Morgan fingerprint density at radius 1 is 1.06 bits per heavy atom. The van der Waals surface area contributed by atoms with Gasteiger partial charge in [0.25, 0.3) is 0 Å². The molecular weight excluding hydrogens is 422 g/mol. The third-order valence-electron chi connectivity index (χ3n) is 5.40. The van der Waals surface area contributed by atoms with E-state index in [1.54, 1.807) is 18.2 Å². The highest BCUT2D eigenvalue weighted by Crippen LogP contribution is 2.42. The Morgan fingerprint density at radius 3 is 2.50 bits per heavy atom. The van der Waals surface area contributed by atoms with Crippen molar-refractivity contribution >= 4 is 45.7 Å². The Labute approximate surface area is 190 Å². The Balaban J connectivity index is 2.21. The molecule has 6 nitrogen and oxygen atoms in total. The number of aliphatic imine (C=N–C) groups is 1. The third kappa shape index (κ3) is 3.80. The van der Waals surface area contributed by atoms with Gasteiger partial charge in [0.15, 0.2) is 0 Å². The third-order valence-corrected chi connectivity index (χ3v) is 5.49. The fourth-order valence-corrected chi connectivity index (χ4v) is 3.87. The Morgan fingerprint density at radius 2 is 1.84 bits per heavy atom. The molecular formula is C25H22N3O3S+. The van der Waals surface area contributed by atoms with Crippen molar-refractivity contribution in [3.63, 3.8) is 0 Å². The summed E-state index contributed by atoms with van der Waals surface area (Å²) in [6, 6.07) is 16.7. The number of hydrogen-bond donors (Lipinski definition) is 1. The maximum atomic E-state index is 12.1. The second-order valence-electron chi connectivity index (χ2n) is 7.86. The second-order valence-corrected chi connectivity index (χ2v) is 8.05. The van der Waals surface area contributed by atoms with Crippen LogP contribution >= 0.6 is 12.2 Å². The van der Waals surface area contributed by atoms with E-state index in [1.807, 2.05) is 74.1 Å². The van der Waals surface area contributed by atoms with E-state index in [0.717, 1.165) is 27.6 Å². The zero-order chi connectivity index (χ0) is 23.0. The molecule has 0 radical (unpaired) electrons. The minimum atomic E-state index is -1.02. The van der Waals surface area contributed by atoms with E-state index in [4.69, 9.17) is 16.6 Å². The smallest absolute Gasteiger partial charge is 0.336 e. The zero-order valence-electron chi connectivity index (χ0n) is 18.2. The molecule has 4 rings (SSSR count). The molecule has 1 heterocycles. The van der Waals surface area contributed by atoms with Gasteiger partial charge >= 0.3 is 5.97 Å². The number of isothiocyanates is 1. The van der Waals surface area contributed by atoms with Crippen molar-refractivity contribution < 1.29 is 14.3 Å². The summed E-state index contributed by atoms with van der Waals surface area (Å²) in [7, 11) is 7.84. The van der Waals surface area contributed by atoms with Gasteiger partial charge in [-0.1, -0.05) is 0 Å². The van der Waals surface area contributed by atoms with Gasteiger partial charge in [0.1, 0.15) is 25.4 Å². The number of hydrogen-bond acceptors (Lipinski definition) is 5. The van der Waals surface area contributed by atoms with Gasteiger partial charge < -0.3 is 14.4 Å². The van der Waals surface area contributed by atoms with Crippen LogP contribution < -0.4 is 14.8 Å². The second kappa shape index (κ2) is 8.38. The molecule has 0 amide bonds. The van der Waals surface area contributed by atoms with Crippen molar-refractivity contribution in [3.05, 3.63) is 65.5 Å². The normalized spacial score (nSPS) is 10.8. The van der Waals surface area contributed by atoms with E-state index < -0.39 is 5.97 Å². The molecule has 1 aliphatic carbocycles. The van der Waals surface area contributed by atoms with Crippen LogP contribution in [0.1, 0.15) is 10.4 Å². The number of carbonyl (C=O) groups is 1. The lowest BCUT2D eigenvalue weighted by atomic mass is 9.90. The maximum absolute atomic E-state index is 12.1. The van der Waals surface area contributed by atoms with Gasteiger partial charge in [0.05, 0.1) is 22.5 Å². The lowest BCUT2D eigenvalue weighted by Gasteiger charge is -2.19. The molecule has 2 aromatic carbocycles. The fraction of sp³-hybridized carbons (Fsp3) is 0.160. The average Bonchev–Trinajstić information content (AvgIpc) is 2.76. The van der Waals surface area contributed by atoms with Crippen LogP contribution in [-0.2, 0) is 0 Å². The highest BCUT2D eigenvalue weighted by Gasteiger charge is 2.22. The number of anilines is 1. The lowest BCUT2D eigenvalue weighted by molar-refractivity contribution is 0.0698. The Bertz CT molecular complexity index is 1460. The average molecular weight is 445 g/mol. The first-order valence-corrected chi connectivity index (χ1v) is 10.3. The minimum absolute atomic E-state index is 0.176. The molecule has 0 aromatic heterocycles. The molecule has 0 atom stereocenters. The van der Waals surface area contributed by atoms with E-state index in [2.05, 4.69) is 10.2 Å². The van der Waals surface area contributed by atoms with Crippen molar-refractivity contribution in [3.8, 4) is 22.5 Å². The molecule has 160 valence electrons. The molecule has 1 N–H and O–H groups in total. The summed E-state index contributed by atoms with van der Waals surface area (Å²) in [5.41, 5.74) is 4.49. The first kappa shape index (κ1) is 21.4. The largest absolute Gasteiger partial charge is 0.478 e. The number of benzene rings is 3. The number of aromatic carboxylic acids is 1. The summed E-state index contributed by atoms with van der Waals surface area (Å²) >= 11 is 4.75. The van der Waals surface area contributed by atoms with Gasteiger partial charge in [0.2, 0.25) is 5.36 Å². The number of fused-ring (bicyclic) bond motifs is 2. The van der Waals surface area contributed by atoms with Crippen LogP contribution in [0, 0.1) is 0 Å². The molecule has 0 fully saturated rings. The van der Waals surface area contributed by atoms with Crippen LogP contribution in [0.25, 0.3) is 33.4 Å². The van der Waals surface area contributed by atoms with Crippen molar-refractivity contribution in [2.45, 2.75) is 0 Å². The monoisotopic (exact) mass is 444 g/mol. The Hall–Kier alpha value is -3.80. The molecule has 0 saturated heterocycles. The van der Waals surface area contributed by atoms with E-state index in [1.165, 1.54) is 0 Å². The lowest BCUT2D eigenvalue weighted by Crippen LogP contribution is -2.21. The number of carboxylic acids is 1. The molecule has 0 bridgehead atoms.